The Hall–Kier alpha value is -5.49. The first kappa shape index (κ1) is 21.6. The highest BCUT2D eigenvalue weighted by Gasteiger charge is 2.19. The molecule has 8 aromatic rings. The lowest BCUT2D eigenvalue weighted by atomic mass is 10.1. The summed E-state index contributed by atoms with van der Waals surface area (Å²) in [7, 11) is 0. The summed E-state index contributed by atoms with van der Waals surface area (Å²) in [4.78, 5) is 4.80. The van der Waals surface area contributed by atoms with E-state index in [-0.39, 0.29) is 0 Å². The molecule has 0 fully saturated rings. The molecule has 3 aromatic heterocycles. The lowest BCUT2D eigenvalue weighted by molar-refractivity contribution is 0.584. The van der Waals surface area contributed by atoms with Crippen molar-refractivity contribution in [3.05, 3.63) is 121 Å². The van der Waals surface area contributed by atoms with Gasteiger partial charge in [-0.15, -0.1) is 10.2 Å². The average Bonchev–Trinajstić information content (AvgIpc) is 3.74. The predicted octanol–water partition coefficient (Wildman–Crippen LogP) is 8.31. The molecule has 0 spiro atoms. The van der Waals surface area contributed by atoms with Crippen LogP contribution in [0.1, 0.15) is 0 Å². The van der Waals surface area contributed by atoms with E-state index >= 15 is 0 Å². The first-order valence-electron chi connectivity index (χ1n) is 12.7. The van der Waals surface area contributed by atoms with Crippen molar-refractivity contribution in [2.24, 2.45) is 0 Å². The molecule has 6 heteroatoms. The van der Waals surface area contributed by atoms with E-state index < -0.39 is 0 Å². The summed E-state index contributed by atoms with van der Waals surface area (Å²) in [5, 5.41) is 10.7. The first-order chi connectivity index (χ1) is 19.3. The number of fused-ring (bicyclic) bond motifs is 5. The molecule has 0 radical (unpaired) electrons. The summed E-state index contributed by atoms with van der Waals surface area (Å²) in [5.41, 5.74) is 7.39. The van der Waals surface area contributed by atoms with Crippen LogP contribution in [0.3, 0.4) is 0 Å². The number of nitrogens with zero attached hydrogens (tertiary/aromatic N) is 4. The van der Waals surface area contributed by atoms with Gasteiger partial charge in [-0.05, 0) is 60.7 Å². The van der Waals surface area contributed by atoms with Gasteiger partial charge >= 0.3 is 0 Å². The molecule has 0 saturated heterocycles. The van der Waals surface area contributed by atoms with E-state index in [1.165, 1.54) is 0 Å². The van der Waals surface area contributed by atoms with E-state index in [1.807, 2.05) is 78.9 Å². The van der Waals surface area contributed by atoms with Crippen LogP contribution in [-0.4, -0.2) is 19.7 Å². The lowest BCUT2D eigenvalue weighted by Gasteiger charge is -2.08. The van der Waals surface area contributed by atoms with Gasteiger partial charge in [0.1, 0.15) is 5.52 Å². The molecule has 184 valence electrons. The molecule has 0 aliphatic rings. The largest absolute Gasteiger partial charge is 0.435 e. The van der Waals surface area contributed by atoms with Gasteiger partial charge in [-0.25, -0.2) is 4.98 Å². The zero-order chi connectivity index (χ0) is 25.8. The van der Waals surface area contributed by atoms with Crippen LogP contribution in [0.15, 0.2) is 130 Å². The minimum atomic E-state index is 0.474. The van der Waals surface area contributed by atoms with Crippen molar-refractivity contribution in [3.63, 3.8) is 0 Å². The minimum Gasteiger partial charge on any atom is -0.435 e. The zero-order valence-corrected chi connectivity index (χ0v) is 20.7. The lowest BCUT2D eigenvalue weighted by Crippen LogP contribution is -1.94. The van der Waals surface area contributed by atoms with Crippen molar-refractivity contribution in [2.45, 2.75) is 0 Å². The van der Waals surface area contributed by atoms with Gasteiger partial charge in [0.15, 0.2) is 5.58 Å². The summed E-state index contributed by atoms with van der Waals surface area (Å²) in [6.07, 6.45) is 0. The summed E-state index contributed by atoms with van der Waals surface area (Å²) >= 11 is 0. The molecule has 0 bridgehead atoms. The Morgan fingerprint density at radius 3 is 1.97 bits per heavy atom. The second-order valence-electron chi connectivity index (χ2n) is 9.37. The Labute approximate surface area is 222 Å². The topological polar surface area (TPSA) is 69.9 Å². The Kier molecular flexibility index (Phi) is 4.72. The second kappa shape index (κ2) is 8.53. The van der Waals surface area contributed by atoms with Crippen LogP contribution in [0.4, 0.5) is 0 Å². The van der Waals surface area contributed by atoms with Gasteiger partial charge in [0, 0.05) is 27.8 Å². The molecule has 0 aliphatic carbocycles. The maximum Gasteiger partial charge on any atom is 0.248 e. The van der Waals surface area contributed by atoms with E-state index in [0.717, 1.165) is 55.3 Å². The van der Waals surface area contributed by atoms with Crippen LogP contribution < -0.4 is 0 Å². The van der Waals surface area contributed by atoms with Crippen LogP contribution in [0.25, 0.3) is 73.0 Å². The minimum absolute atomic E-state index is 0.474. The summed E-state index contributed by atoms with van der Waals surface area (Å²) < 4.78 is 14.7. The van der Waals surface area contributed by atoms with Crippen LogP contribution in [-0.2, 0) is 0 Å². The molecule has 0 N–H and O–H groups in total. The highest BCUT2D eigenvalue weighted by atomic mass is 16.4. The van der Waals surface area contributed by atoms with Crippen molar-refractivity contribution in [1.29, 1.82) is 0 Å². The molecule has 0 atom stereocenters. The van der Waals surface area contributed by atoms with Gasteiger partial charge in [-0.1, -0.05) is 60.7 Å². The molecule has 0 amide bonds. The molecular weight excluding hydrogens is 484 g/mol. The highest BCUT2D eigenvalue weighted by molar-refractivity contribution is 6.19. The van der Waals surface area contributed by atoms with E-state index in [0.29, 0.717) is 17.7 Å². The van der Waals surface area contributed by atoms with E-state index in [4.69, 9.17) is 13.8 Å². The molecule has 0 unspecified atom stereocenters. The standard InChI is InChI=1S/C33H20N4O2/c1-3-10-21(11-4-1)31-34-26-18-19-28-29(30(26)38-31)25-16-7-8-17-27(25)37(28)24-15-9-14-23(20-24)33-36-35-32(39-33)22-12-5-2-6-13-22/h1-20H. The van der Waals surface area contributed by atoms with Crippen molar-refractivity contribution in [2.75, 3.05) is 0 Å². The number of aromatic nitrogens is 4. The smallest absolute Gasteiger partial charge is 0.248 e. The number of oxazole rings is 1. The van der Waals surface area contributed by atoms with Crippen molar-refractivity contribution >= 4 is 32.9 Å². The molecule has 3 heterocycles. The normalized spacial score (nSPS) is 11.6. The maximum absolute atomic E-state index is 6.40. The summed E-state index contributed by atoms with van der Waals surface area (Å²) in [6.45, 7) is 0. The predicted molar refractivity (Wildman–Crippen MR) is 153 cm³/mol. The fourth-order valence-electron chi connectivity index (χ4n) is 5.24. The third kappa shape index (κ3) is 3.46. The first-order valence-corrected chi connectivity index (χ1v) is 12.7. The fraction of sp³-hybridized carbons (Fsp3) is 0. The second-order valence-corrected chi connectivity index (χ2v) is 9.37. The summed E-state index contributed by atoms with van der Waals surface area (Å²) in [5.74, 6) is 1.58. The third-order valence-electron chi connectivity index (χ3n) is 7.01. The van der Waals surface area contributed by atoms with E-state index in [9.17, 15) is 0 Å². The Bertz CT molecular complexity index is 2120. The molecule has 0 saturated carbocycles. The number of rotatable bonds is 4. The third-order valence-corrected chi connectivity index (χ3v) is 7.01. The quantitative estimate of drug-likeness (QED) is 0.241. The SMILES string of the molecule is c1ccc(-c2nnc(-c3cccc(-n4c5ccccc5c5c6oc(-c7ccccc7)nc6ccc54)c3)o2)cc1. The van der Waals surface area contributed by atoms with E-state index in [2.05, 4.69) is 57.2 Å². The van der Waals surface area contributed by atoms with Gasteiger partial charge in [-0.3, -0.25) is 0 Å². The molecular formula is C33H20N4O2. The van der Waals surface area contributed by atoms with Crippen molar-refractivity contribution in [3.8, 4) is 40.0 Å². The Morgan fingerprint density at radius 1 is 0.513 bits per heavy atom. The maximum atomic E-state index is 6.40. The Morgan fingerprint density at radius 2 is 1.18 bits per heavy atom. The van der Waals surface area contributed by atoms with Gasteiger partial charge in [0.2, 0.25) is 17.7 Å². The van der Waals surface area contributed by atoms with Gasteiger partial charge in [0.05, 0.1) is 16.4 Å². The van der Waals surface area contributed by atoms with Crippen molar-refractivity contribution in [1.82, 2.24) is 19.7 Å². The number of benzene rings is 5. The van der Waals surface area contributed by atoms with E-state index in [1.54, 1.807) is 0 Å². The highest BCUT2D eigenvalue weighted by Crippen LogP contribution is 2.39. The van der Waals surface area contributed by atoms with Crippen LogP contribution in [0.2, 0.25) is 0 Å². The van der Waals surface area contributed by atoms with Gasteiger partial charge < -0.3 is 13.4 Å². The molecule has 39 heavy (non-hydrogen) atoms. The number of hydrogen-bond donors (Lipinski definition) is 0. The van der Waals surface area contributed by atoms with Crippen molar-refractivity contribution < 1.29 is 8.83 Å². The molecule has 5 aromatic carbocycles. The zero-order valence-electron chi connectivity index (χ0n) is 20.7. The monoisotopic (exact) mass is 504 g/mol. The number of hydrogen-bond acceptors (Lipinski definition) is 5. The molecule has 0 aliphatic heterocycles. The van der Waals surface area contributed by atoms with Crippen LogP contribution in [0.5, 0.6) is 0 Å². The fourth-order valence-corrected chi connectivity index (χ4v) is 5.24. The number of para-hydroxylation sites is 1. The Balaban J connectivity index is 1.31. The molecule has 8 rings (SSSR count). The average molecular weight is 505 g/mol. The molecule has 6 nitrogen and oxygen atoms in total. The van der Waals surface area contributed by atoms with Crippen LogP contribution in [0, 0.1) is 0 Å². The van der Waals surface area contributed by atoms with Crippen LogP contribution >= 0.6 is 0 Å². The van der Waals surface area contributed by atoms with Gasteiger partial charge in [0.25, 0.3) is 0 Å². The van der Waals surface area contributed by atoms with Gasteiger partial charge in [-0.2, -0.15) is 0 Å². The summed E-state index contributed by atoms with van der Waals surface area (Å²) in [6, 6.07) is 40.5.